The average molecular weight is 417 g/mol. The first-order valence-electron chi connectivity index (χ1n) is 9.24. The first kappa shape index (κ1) is 17.9. The Bertz CT molecular complexity index is 1130. The van der Waals surface area contributed by atoms with Gasteiger partial charge in [0.1, 0.15) is 10.8 Å². The molecule has 146 valence electrons. The number of thiazole rings is 2. The molecule has 10 heteroatoms. The number of likely N-dealkylation sites (tertiary alicyclic amines) is 1. The Labute approximate surface area is 169 Å². The lowest BCUT2D eigenvalue weighted by Crippen LogP contribution is -2.43. The minimum Gasteiger partial charge on any atom is -0.296 e. The summed E-state index contributed by atoms with van der Waals surface area (Å²) in [6.45, 7) is 5.46. The number of hydrogen-bond acceptors (Lipinski definition) is 8. The van der Waals surface area contributed by atoms with Crippen molar-refractivity contribution < 1.29 is 0 Å². The predicted molar refractivity (Wildman–Crippen MR) is 107 cm³/mol. The number of rotatable bonds is 4. The van der Waals surface area contributed by atoms with Crippen molar-refractivity contribution in [2.75, 3.05) is 13.1 Å². The van der Waals surface area contributed by atoms with E-state index >= 15 is 0 Å². The van der Waals surface area contributed by atoms with E-state index in [9.17, 15) is 9.59 Å². The second kappa shape index (κ2) is 6.71. The third kappa shape index (κ3) is 3.15. The molecule has 0 amide bonds. The Morgan fingerprint density at radius 2 is 2.07 bits per heavy atom. The van der Waals surface area contributed by atoms with Gasteiger partial charge in [0.15, 0.2) is 0 Å². The van der Waals surface area contributed by atoms with Crippen LogP contribution in [0.25, 0.3) is 0 Å². The van der Waals surface area contributed by atoms with Gasteiger partial charge in [0.25, 0.3) is 0 Å². The van der Waals surface area contributed by atoms with Gasteiger partial charge in [-0.25, -0.2) is 14.6 Å². The molecule has 0 N–H and O–H groups in total. The molecular formula is C18H20N6O2S2. The van der Waals surface area contributed by atoms with Crippen LogP contribution in [-0.2, 0) is 26.1 Å². The molecule has 0 saturated carbocycles. The number of hydrogen-bond donors (Lipinski definition) is 0. The lowest BCUT2D eigenvalue weighted by Gasteiger charge is -2.22. The molecule has 5 heterocycles. The molecule has 0 radical (unpaired) electrons. The Kier molecular flexibility index (Phi) is 4.29. The van der Waals surface area contributed by atoms with E-state index in [2.05, 4.69) is 20.0 Å². The molecule has 0 unspecified atom stereocenters. The quantitative estimate of drug-likeness (QED) is 0.593. The number of fused-ring (bicyclic) bond motifs is 1. The highest BCUT2D eigenvalue weighted by Crippen LogP contribution is 2.39. The van der Waals surface area contributed by atoms with Crippen LogP contribution < -0.4 is 11.1 Å². The maximum Gasteiger partial charge on any atom is 0.332 e. The van der Waals surface area contributed by atoms with Crippen molar-refractivity contribution >= 4 is 22.7 Å². The van der Waals surface area contributed by atoms with Crippen LogP contribution in [0.15, 0.2) is 26.5 Å². The molecule has 28 heavy (non-hydrogen) atoms. The van der Waals surface area contributed by atoms with Crippen molar-refractivity contribution in [2.45, 2.75) is 39.4 Å². The van der Waals surface area contributed by atoms with Crippen LogP contribution in [0.3, 0.4) is 0 Å². The van der Waals surface area contributed by atoms with Gasteiger partial charge >= 0.3 is 11.1 Å². The van der Waals surface area contributed by atoms with Crippen LogP contribution in [0.5, 0.6) is 0 Å². The van der Waals surface area contributed by atoms with Gasteiger partial charge in [-0.15, -0.1) is 22.7 Å². The number of aromatic nitrogens is 5. The van der Waals surface area contributed by atoms with Crippen molar-refractivity contribution in [3.05, 3.63) is 59.2 Å². The number of nitrogens with zero attached hydrogens (tertiary/aromatic N) is 6. The van der Waals surface area contributed by atoms with Crippen LogP contribution in [0.2, 0.25) is 0 Å². The summed E-state index contributed by atoms with van der Waals surface area (Å²) in [4.78, 5) is 36.4. The van der Waals surface area contributed by atoms with E-state index in [1.807, 2.05) is 23.9 Å². The minimum atomic E-state index is -0.566. The van der Waals surface area contributed by atoms with Crippen LogP contribution in [0.1, 0.15) is 28.0 Å². The van der Waals surface area contributed by atoms with Gasteiger partial charge in [0, 0.05) is 41.9 Å². The Morgan fingerprint density at radius 1 is 1.18 bits per heavy atom. The van der Waals surface area contributed by atoms with Gasteiger partial charge in [0.05, 0.1) is 23.8 Å². The summed E-state index contributed by atoms with van der Waals surface area (Å²) >= 11 is 3.20. The Balaban J connectivity index is 1.38. The first-order chi connectivity index (χ1) is 13.5. The van der Waals surface area contributed by atoms with E-state index in [0.717, 1.165) is 48.2 Å². The fourth-order valence-electron chi connectivity index (χ4n) is 4.30. The lowest BCUT2D eigenvalue weighted by molar-refractivity contribution is 0.246. The molecule has 8 nitrogen and oxygen atoms in total. The molecule has 1 fully saturated rings. The second-order valence-electron chi connectivity index (χ2n) is 7.69. The van der Waals surface area contributed by atoms with E-state index < -0.39 is 11.1 Å². The predicted octanol–water partition coefficient (Wildman–Crippen LogP) is 1.12. The van der Waals surface area contributed by atoms with E-state index in [-0.39, 0.29) is 12.0 Å². The van der Waals surface area contributed by atoms with Crippen LogP contribution >= 0.6 is 22.7 Å². The Hall–Kier alpha value is -2.17. The van der Waals surface area contributed by atoms with Crippen molar-refractivity contribution in [1.82, 2.24) is 29.2 Å². The summed E-state index contributed by atoms with van der Waals surface area (Å²) in [6.07, 6.45) is 3.56. The molecule has 2 aliphatic rings. The zero-order valence-corrected chi connectivity index (χ0v) is 17.1. The summed E-state index contributed by atoms with van der Waals surface area (Å²) in [5.74, 6) is 0.715. The average Bonchev–Trinajstić information content (AvgIpc) is 3.44. The number of aryl methyl sites for hydroxylation is 1. The normalized spacial score (nSPS) is 21.6. The SMILES string of the molecule is Cc1nc(Cn2nc3n(c(=O)c2=O)C[C@]2(CCN(Cc4nccs4)C2)C3)cs1. The summed E-state index contributed by atoms with van der Waals surface area (Å²) in [5.41, 5.74) is -0.278. The Morgan fingerprint density at radius 3 is 2.82 bits per heavy atom. The largest absolute Gasteiger partial charge is 0.332 e. The van der Waals surface area contributed by atoms with E-state index in [4.69, 9.17) is 0 Å². The van der Waals surface area contributed by atoms with Gasteiger partial charge in [-0.05, 0) is 19.9 Å². The van der Waals surface area contributed by atoms with Crippen LogP contribution in [0, 0.1) is 12.3 Å². The maximum atomic E-state index is 12.7. The summed E-state index contributed by atoms with van der Waals surface area (Å²) in [7, 11) is 0. The van der Waals surface area contributed by atoms with Gasteiger partial charge in [-0.2, -0.15) is 5.10 Å². The fraction of sp³-hybridized carbons (Fsp3) is 0.500. The lowest BCUT2D eigenvalue weighted by atomic mass is 9.86. The molecule has 0 aromatic carbocycles. The molecule has 2 aliphatic heterocycles. The van der Waals surface area contributed by atoms with E-state index in [1.165, 1.54) is 16.0 Å². The molecule has 3 aromatic heterocycles. The fourth-order valence-corrected chi connectivity index (χ4v) is 5.56. The highest BCUT2D eigenvalue weighted by molar-refractivity contribution is 7.09. The summed E-state index contributed by atoms with van der Waals surface area (Å²) in [5, 5.41) is 10.5. The zero-order chi connectivity index (χ0) is 19.3. The zero-order valence-electron chi connectivity index (χ0n) is 15.5. The monoisotopic (exact) mass is 416 g/mol. The van der Waals surface area contributed by atoms with Gasteiger partial charge in [-0.3, -0.25) is 19.1 Å². The van der Waals surface area contributed by atoms with Crippen molar-refractivity contribution in [3.8, 4) is 0 Å². The van der Waals surface area contributed by atoms with Gasteiger partial charge in [-0.1, -0.05) is 0 Å². The van der Waals surface area contributed by atoms with Gasteiger partial charge < -0.3 is 0 Å². The molecule has 3 aromatic rings. The van der Waals surface area contributed by atoms with Gasteiger partial charge in [0.2, 0.25) is 0 Å². The molecule has 1 saturated heterocycles. The molecule has 1 spiro atoms. The van der Waals surface area contributed by atoms with Crippen molar-refractivity contribution in [1.29, 1.82) is 0 Å². The highest BCUT2D eigenvalue weighted by Gasteiger charge is 2.44. The topological polar surface area (TPSA) is 85.9 Å². The van der Waals surface area contributed by atoms with Crippen LogP contribution in [-0.4, -0.2) is 42.3 Å². The minimum absolute atomic E-state index is 0.0146. The van der Waals surface area contributed by atoms with Crippen LogP contribution in [0.4, 0.5) is 0 Å². The molecule has 0 bridgehead atoms. The smallest absolute Gasteiger partial charge is 0.296 e. The molecule has 1 atom stereocenters. The molecule has 0 aliphatic carbocycles. The third-order valence-electron chi connectivity index (χ3n) is 5.57. The molecule has 5 rings (SSSR count). The summed E-state index contributed by atoms with van der Waals surface area (Å²) in [6, 6.07) is 0. The van der Waals surface area contributed by atoms with E-state index in [1.54, 1.807) is 15.9 Å². The maximum absolute atomic E-state index is 12.7. The first-order valence-corrected chi connectivity index (χ1v) is 11.0. The summed E-state index contributed by atoms with van der Waals surface area (Å²) < 4.78 is 2.88. The third-order valence-corrected chi connectivity index (χ3v) is 7.16. The molecular weight excluding hydrogens is 396 g/mol. The van der Waals surface area contributed by atoms with Crippen molar-refractivity contribution in [2.24, 2.45) is 5.41 Å². The van der Waals surface area contributed by atoms with Crippen molar-refractivity contribution in [3.63, 3.8) is 0 Å². The standard InChI is InChI=1S/C18H20N6O2S2/c1-12-20-13(9-28-12)7-24-17(26)16(25)23-11-18(6-14(23)21-24)2-4-22(10-18)8-15-19-3-5-27-15/h3,5,9H,2,4,6-8,10-11H2,1H3/t18-/m1/s1. The highest BCUT2D eigenvalue weighted by atomic mass is 32.1. The second-order valence-corrected chi connectivity index (χ2v) is 9.73. The van der Waals surface area contributed by atoms with E-state index in [0.29, 0.717) is 12.4 Å².